The number of allylic oxidation sites excluding steroid dienone is 1. The van der Waals surface area contributed by atoms with Crippen molar-refractivity contribution in [1.82, 2.24) is 15.5 Å². The molecule has 1 saturated heterocycles. The van der Waals surface area contributed by atoms with Gasteiger partial charge in [-0.1, -0.05) is 42.5 Å². The molecule has 1 aromatic rings. The summed E-state index contributed by atoms with van der Waals surface area (Å²) in [5.41, 5.74) is 1.40. The van der Waals surface area contributed by atoms with Crippen LogP contribution in [0.5, 0.6) is 0 Å². The molecule has 0 amide bonds. The molecule has 1 heterocycles. The van der Waals surface area contributed by atoms with Crippen molar-refractivity contribution >= 4 is 29.9 Å². The fourth-order valence-electron chi connectivity index (χ4n) is 3.03. The van der Waals surface area contributed by atoms with Crippen LogP contribution in [0.1, 0.15) is 31.7 Å². The van der Waals surface area contributed by atoms with Gasteiger partial charge in [0.25, 0.3) is 0 Å². The van der Waals surface area contributed by atoms with Crippen LogP contribution in [0.4, 0.5) is 0 Å². The molecule has 1 fully saturated rings. The molecule has 2 N–H and O–H groups in total. The SMILES string of the molecule is C/C=C/CCNC(=NC)NCC1CCCN1Cc1ccccc1.I. The summed E-state index contributed by atoms with van der Waals surface area (Å²) in [4.78, 5) is 6.89. The predicted octanol–water partition coefficient (Wildman–Crippen LogP) is 3.40. The third kappa shape index (κ3) is 7.21. The van der Waals surface area contributed by atoms with Crippen molar-refractivity contribution in [2.24, 2.45) is 4.99 Å². The number of likely N-dealkylation sites (tertiary alicyclic amines) is 1. The molecule has 134 valence electrons. The van der Waals surface area contributed by atoms with Crippen LogP contribution in [0.2, 0.25) is 0 Å². The van der Waals surface area contributed by atoms with Gasteiger partial charge in [-0.3, -0.25) is 9.89 Å². The first-order chi connectivity index (χ1) is 11.3. The maximum absolute atomic E-state index is 4.31. The minimum Gasteiger partial charge on any atom is -0.356 e. The molecule has 0 radical (unpaired) electrons. The summed E-state index contributed by atoms with van der Waals surface area (Å²) in [5.74, 6) is 0.904. The van der Waals surface area contributed by atoms with E-state index >= 15 is 0 Å². The van der Waals surface area contributed by atoms with E-state index in [0.29, 0.717) is 6.04 Å². The zero-order valence-corrected chi connectivity index (χ0v) is 17.2. The Morgan fingerprint density at radius 2 is 2.08 bits per heavy atom. The smallest absolute Gasteiger partial charge is 0.191 e. The molecule has 1 aliphatic heterocycles. The highest BCUT2D eigenvalue weighted by atomic mass is 127. The number of rotatable bonds is 7. The number of benzene rings is 1. The molecule has 1 aromatic carbocycles. The van der Waals surface area contributed by atoms with Crippen LogP contribution in [0, 0.1) is 0 Å². The van der Waals surface area contributed by atoms with E-state index < -0.39 is 0 Å². The predicted molar refractivity (Wildman–Crippen MR) is 114 cm³/mol. The lowest BCUT2D eigenvalue weighted by Gasteiger charge is -2.25. The summed E-state index contributed by atoms with van der Waals surface area (Å²) >= 11 is 0. The van der Waals surface area contributed by atoms with Crippen molar-refractivity contribution in [3.8, 4) is 0 Å². The Labute approximate surface area is 163 Å². The summed E-state index contributed by atoms with van der Waals surface area (Å²) < 4.78 is 0. The van der Waals surface area contributed by atoms with Crippen molar-refractivity contribution < 1.29 is 0 Å². The second-order valence-electron chi connectivity index (χ2n) is 5.99. The van der Waals surface area contributed by atoms with E-state index in [1.54, 1.807) is 0 Å². The molecule has 1 atom stereocenters. The third-order valence-corrected chi connectivity index (χ3v) is 4.30. The second kappa shape index (κ2) is 12.3. The van der Waals surface area contributed by atoms with E-state index in [4.69, 9.17) is 0 Å². The van der Waals surface area contributed by atoms with Crippen LogP contribution < -0.4 is 10.6 Å². The lowest BCUT2D eigenvalue weighted by Crippen LogP contribution is -2.44. The van der Waals surface area contributed by atoms with Gasteiger partial charge < -0.3 is 10.6 Å². The fourth-order valence-corrected chi connectivity index (χ4v) is 3.03. The van der Waals surface area contributed by atoms with Gasteiger partial charge in [-0.25, -0.2) is 0 Å². The number of guanidine groups is 1. The van der Waals surface area contributed by atoms with Gasteiger partial charge in [0.2, 0.25) is 0 Å². The first-order valence-corrected chi connectivity index (χ1v) is 8.67. The summed E-state index contributed by atoms with van der Waals surface area (Å²) in [6, 6.07) is 11.3. The number of nitrogens with one attached hydrogen (secondary N) is 2. The van der Waals surface area contributed by atoms with Crippen LogP contribution in [0.3, 0.4) is 0 Å². The van der Waals surface area contributed by atoms with E-state index in [1.807, 2.05) is 7.05 Å². The Kier molecular flexibility index (Phi) is 10.7. The highest BCUT2D eigenvalue weighted by Crippen LogP contribution is 2.19. The molecular formula is C19H31IN4. The molecule has 2 rings (SSSR count). The summed E-state index contributed by atoms with van der Waals surface area (Å²) in [7, 11) is 1.83. The van der Waals surface area contributed by atoms with Crippen molar-refractivity contribution in [1.29, 1.82) is 0 Å². The van der Waals surface area contributed by atoms with E-state index in [0.717, 1.165) is 32.0 Å². The minimum absolute atomic E-state index is 0. The van der Waals surface area contributed by atoms with Crippen LogP contribution in [0.25, 0.3) is 0 Å². The van der Waals surface area contributed by atoms with Crippen LogP contribution in [-0.2, 0) is 6.54 Å². The highest BCUT2D eigenvalue weighted by Gasteiger charge is 2.24. The molecule has 5 heteroatoms. The number of hydrogen-bond donors (Lipinski definition) is 2. The average Bonchev–Trinajstić information content (AvgIpc) is 3.02. The van der Waals surface area contributed by atoms with Crippen molar-refractivity contribution in [3.05, 3.63) is 48.0 Å². The van der Waals surface area contributed by atoms with Crippen molar-refractivity contribution in [2.45, 2.75) is 38.8 Å². The molecule has 24 heavy (non-hydrogen) atoms. The summed E-state index contributed by atoms with van der Waals surface area (Å²) in [6.07, 6.45) is 7.82. The van der Waals surface area contributed by atoms with Crippen LogP contribution in [0.15, 0.2) is 47.5 Å². The molecular weight excluding hydrogens is 411 g/mol. The van der Waals surface area contributed by atoms with E-state index in [9.17, 15) is 0 Å². The lowest BCUT2D eigenvalue weighted by atomic mass is 10.2. The molecule has 1 unspecified atom stereocenters. The first-order valence-electron chi connectivity index (χ1n) is 8.67. The standard InChI is InChI=1S/C19H30N4.HI/c1-3-4-8-13-21-19(20-2)22-15-18-12-9-14-23(18)16-17-10-6-5-7-11-17;/h3-7,10-11,18H,8-9,12-16H2,1-2H3,(H2,20,21,22);1H/b4-3+;. The summed E-state index contributed by atoms with van der Waals surface area (Å²) in [6.45, 7) is 6.15. The molecule has 0 aromatic heterocycles. The lowest BCUT2D eigenvalue weighted by molar-refractivity contribution is 0.245. The highest BCUT2D eigenvalue weighted by molar-refractivity contribution is 14.0. The molecule has 0 aliphatic carbocycles. The molecule has 0 bridgehead atoms. The Balaban J connectivity index is 0.00000288. The van der Waals surface area contributed by atoms with Crippen LogP contribution in [-0.4, -0.2) is 43.6 Å². The topological polar surface area (TPSA) is 39.7 Å². The molecule has 1 aliphatic rings. The van der Waals surface area contributed by atoms with Crippen molar-refractivity contribution in [3.63, 3.8) is 0 Å². The summed E-state index contributed by atoms with van der Waals surface area (Å²) in [5, 5.41) is 6.84. The average molecular weight is 442 g/mol. The van der Waals surface area contributed by atoms with Gasteiger partial charge in [-0.05, 0) is 38.3 Å². The molecule has 4 nitrogen and oxygen atoms in total. The van der Waals surface area contributed by atoms with E-state index in [1.165, 1.54) is 24.9 Å². The Bertz CT molecular complexity index is 501. The van der Waals surface area contributed by atoms with E-state index in [-0.39, 0.29) is 24.0 Å². The van der Waals surface area contributed by atoms with Gasteiger partial charge in [0.15, 0.2) is 5.96 Å². The Morgan fingerprint density at radius 1 is 1.29 bits per heavy atom. The maximum Gasteiger partial charge on any atom is 0.191 e. The number of nitrogens with zero attached hydrogens (tertiary/aromatic N) is 2. The maximum atomic E-state index is 4.31. The number of hydrogen-bond acceptors (Lipinski definition) is 2. The van der Waals surface area contributed by atoms with Crippen LogP contribution >= 0.6 is 24.0 Å². The van der Waals surface area contributed by atoms with Gasteiger partial charge in [0.1, 0.15) is 0 Å². The van der Waals surface area contributed by atoms with Crippen molar-refractivity contribution in [2.75, 3.05) is 26.7 Å². The number of aliphatic imine (C=N–C) groups is 1. The van der Waals surface area contributed by atoms with Gasteiger partial charge in [-0.15, -0.1) is 24.0 Å². The zero-order valence-electron chi connectivity index (χ0n) is 14.9. The van der Waals surface area contributed by atoms with Gasteiger partial charge >= 0.3 is 0 Å². The zero-order chi connectivity index (χ0) is 16.3. The van der Waals surface area contributed by atoms with Gasteiger partial charge in [0, 0.05) is 32.7 Å². The quantitative estimate of drug-likeness (QED) is 0.224. The second-order valence-corrected chi connectivity index (χ2v) is 5.99. The molecule has 0 saturated carbocycles. The van der Waals surface area contributed by atoms with Gasteiger partial charge in [0.05, 0.1) is 0 Å². The number of halogens is 1. The normalized spacial score (nSPS) is 18.6. The fraction of sp³-hybridized carbons (Fsp3) is 0.526. The van der Waals surface area contributed by atoms with E-state index in [2.05, 4.69) is 69.9 Å². The Morgan fingerprint density at radius 3 is 2.79 bits per heavy atom. The minimum atomic E-state index is 0. The first kappa shape index (κ1) is 21.0. The molecule has 0 spiro atoms. The largest absolute Gasteiger partial charge is 0.356 e. The monoisotopic (exact) mass is 442 g/mol. The third-order valence-electron chi connectivity index (χ3n) is 4.30. The van der Waals surface area contributed by atoms with Gasteiger partial charge in [-0.2, -0.15) is 0 Å². The Hall–Kier alpha value is -1.08.